The first-order valence-electron chi connectivity index (χ1n) is 5.74. The van der Waals surface area contributed by atoms with Crippen molar-refractivity contribution in [2.45, 2.75) is 0 Å². The summed E-state index contributed by atoms with van der Waals surface area (Å²) in [5.74, 6) is 0. The smallest absolute Gasteiger partial charge is 0.258 e. The Morgan fingerprint density at radius 3 is 2.10 bits per heavy atom. The van der Waals surface area contributed by atoms with Crippen LogP contribution in [0.25, 0.3) is 12.2 Å². The average Bonchev–Trinajstić information content (AvgIpc) is 2.45. The summed E-state index contributed by atoms with van der Waals surface area (Å²) in [5, 5.41) is 21.9. The van der Waals surface area contributed by atoms with Gasteiger partial charge in [0.15, 0.2) is 0 Å². The van der Waals surface area contributed by atoms with Crippen LogP contribution in [0.5, 0.6) is 0 Å². The van der Waals surface area contributed by atoms with Gasteiger partial charge in [-0.1, -0.05) is 42.5 Å². The molecule has 0 fully saturated rings. The molecule has 0 bridgehead atoms. The lowest BCUT2D eigenvalue weighted by Gasteiger charge is -1.99. The first kappa shape index (κ1) is 13.4. The largest absolute Gasteiger partial charge is 0.353 e. The topological polar surface area (TPSA) is 86.3 Å². The monoisotopic (exact) mass is 270 g/mol. The quantitative estimate of drug-likeness (QED) is 0.481. The molecule has 0 N–H and O–H groups in total. The van der Waals surface area contributed by atoms with Crippen LogP contribution in [0.3, 0.4) is 0 Å². The second kappa shape index (κ2) is 5.75. The van der Waals surface area contributed by atoms with E-state index in [9.17, 15) is 20.2 Å². The molecule has 6 nitrogen and oxygen atoms in total. The lowest BCUT2D eigenvalue weighted by molar-refractivity contribution is -0.422. The molecular weight excluding hydrogens is 260 g/mol. The van der Waals surface area contributed by atoms with Gasteiger partial charge in [-0.15, -0.1) is 0 Å². The summed E-state index contributed by atoms with van der Waals surface area (Å²) in [4.78, 5) is 20.4. The number of nitro benzene ring substituents is 2. The molecule has 0 heterocycles. The highest BCUT2D eigenvalue weighted by atomic mass is 16.6. The van der Waals surface area contributed by atoms with Crippen LogP contribution in [-0.4, -0.2) is 9.85 Å². The third kappa shape index (κ3) is 2.86. The molecule has 100 valence electrons. The van der Waals surface area contributed by atoms with E-state index in [1.165, 1.54) is 18.2 Å². The first-order valence-corrected chi connectivity index (χ1v) is 5.74. The molecule has 0 amide bonds. The van der Waals surface area contributed by atoms with Crippen molar-refractivity contribution in [1.29, 1.82) is 0 Å². The Hall–Kier alpha value is -3.02. The Labute approximate surface area is 114 Å². The van der Waals surface area contributed by atoms with Crippen molar-refractivity contribution < 1.29 is 9.85 Å². The van der Waals surface area contributed by atoms with Crippen molar-refractivity contribution in [1.82, 2.24) is 0 Å². The molecular formula is C14H10N2O4. The van der Waals surface area contributed by atoms with Crippen molar-refractivity contribution in [2.24, 2.45) is 0 Å². The molecule has 0 saturated heterocycles. The van der Waals surface area contributed by atoms with Crippen molar-refractivity contribution >= 4 is 23.5 Å². The highest BCUT2D eigenvalue weighted by Crippen LogP contribution is 2.31. The van der Waals surface area contributed by atoms with Crippen LogP contribution >= 0.6 is 0 Å². The van der Waals surface area contributed by atoms with E-state index in [0.717, 1.165) is 11.6 Å². The van der Waals surface area contributed by atoms with E-state index in [4.69, 9.17) is 0 Å². The normalized spacial score (nSPS) is 10.6. The molecule has 0 atom stereocenters. The third-order valence-electron chi connectivity index (χ3n) is 2.68. The molecule has 0 unspecified atom stereocenters. The van der Waals surface area contributed by atoms with Gasteiger partial charge in [0.05, 0.1) is 15.4 Å². The Balaban J connectivity index is 2.47. The van der Waals surface area contributed by atoms with E-state index in [-0.39, 0.29) is 5.56 Å². The summed E-state index contributed by atoms with van der Waals surface area (Å²) in [6.45, 7) is 0. The van der Waals surface area contributed by atoms with Crippen LogP contribution < -0.4 is 0 Å². The Morgan fingerprint density at radius 2 is 1.50 bits per heavy atom. The Kier molecular flexibility index (Phi) is 3.85. The number of hydrogen-bond donors (Lipinski definition) is 0. The molecule has 2 aromatic rings. The fraction of sp³-hybridized carbons (Fsp3) is 0. The van der Waals surface area contributed by atoms with Crippen molar-refractivity contribution in [2.75, 3.05) is 0 Å². The molecule has 0 aliphatic rings. The summed E-state index contributed by atoms with van der Waals surface area (Å²) >= 11 is 0. The predicted molar refractivity (Wildman–Crippen MR) is 75.1 cm³/mol. The van der Waals surface area contributed by atoms with Crippen LogP contribution in [-0.2, 0) is 0 Å². The molecule has 0 radical (unpaired) electrons. The molecule has 0 saturated carbocycles. The predicted octanol–water partition coefficient (Wildman–Crippen LogP) is 3.67. The lowest BCUT2D eigenvalue weighted by Crippen LogP contribution is -1.98. The minimum atomic E-state index is -0.752. The molecule has 6 heteroatoms. The zero-order valence-electron chi connectivity index (χ0n) is 10.3. The van der Waals surface area contributed by atoms with E-state index in [0.29, 0.717) is 0 Å². The van der Waals surface area contributed by atoms with Crippen LogP contribution in [0.15, 0.2) is 48.5 Å². The number of para-hydroxylation sites is 1. The van der Waals surface area contributed by atoms with Gasteiger partial charge in [0.25, 0.3) is 0 Å². The second-order valence-corrected chi connectivity index (χ2v) is 3.97. The third-order valence-corrected chi connectivity index (χ3v) is 2.68. The summed E-state index contributed by atoms with van der Waals surface area (Å²) in [6.07, 6.45) is 3.17. The van der Waals surface area contributed by atoms with E-state index < -0.39 is 21.2 Å². The van der Waals surface area contributed by atoms with Gasteiger partial charge in [-0.05, 0) is 17.7 Å². The van der Waals surface area contributed by atoms with Gasteiger partial charge in [-0.3, -0.25) is 20.2 Å². The second-order valence-electron chi connectivity index (χ2n) is 3.97. The minimum absolute atomic E-state index is 0.202. The number of rotatable bonds is 4. The summed E-state index contributed by atoms with van der Waals surface area (Å²) in [7, 11) is 0. The summed E-state index contributed by atoms with van der Waals surface area (Å²) < 4.78 is 0. The summed E-state index contributed by atoms with van der Waals surface area (Å²) in [5.41, 5.74) is 0.0521. The van der Waals surface area contributed by atoms with Gasteiger partial charge in [-0.2, -0.15) is 0 Å². The van der Waals surface area contributed by atoms with E-state index in [2.05, 4.69) is 0 Å². The molecule has 2 aromatic carbocycles. The zero-order valence-corrected chi connectivity index (χ0v) is 10.3. The van der Waals surface area contributed by atoms with Crippen LogP contribution in [0.4, 0.5) is 11.4 Å². The van der Waals surface area contributed by atoms with Crippen molar-refractivity contribution in [3.63, 3.8) is 0 Å². The summed E-state index contributed by atoms with van der Waals surface area (Å²) in [6, 6.07) is 13.2. The van der Waals surface area contributed by atoms with Gasteiger partial charge >= 0.3 is 11.4 Å². The fourth-order valence-electron chi connectivity index (χ4n) is 1.78. The molecule has 0 spiro atoms. The van der Waals surface area contributed by atoms with Crippen molar-refractivity contribution in [3.05, 3.63) is 79.9 Å². The van der Waals surface area contributed by atoms with Gasteiger partial charge < -0.3 is 0 Å². The SMILES string of the molecule is O=[N+]([O-])c1cccc(C=Cc2ccccc2)c1[N+](=O)[O-]. The maximum Gasteiger partial charge on any atom is 0.353 e. The fourth-order valence-corrected chi connectivity index (χ4v) is 1.78. The maximum atomic E-state index is 11.0. The van der Waals surface area contributed by atoms with Gasteiger partial charge in [-0.25, -0.2) is 0 Å². The van der Waals surface area contributed by atoms with Gasteiger partial charge in [0.2, 0.25) is 0 Å². The standard InChI is InChI=1S/C14H10N2O4/c17-15(18)13-8-4-7-12(14(13)16(19)20)10-9-11-5-2-1-3-6-11/h1-10H. The van der Waals surface area contributed by atoms with E-state index in [1.54, 1.807) is 6.08 Å². The van der Waals surface area contributed by atoms with Crippen LogP contribution in [0.1, 0.15) is 11.1 Å². The van der Waals surface area contributed by atoms with E-state index >= 15 is 0 Å². The van der Waals surface area contributed by atoms with Crippen LogP contribution in [0, 0.1) is 20.2 Å². The van der Waals surface area contributed by atoms with Crippen LogP contribution in [0.2, 0.25) is 0 Å². The maximum absolute atomic E-state index is 11.0. The highest BCUT2D eigenvalue weighted by molar-refractivity contribution is 5.77. The van der Waals surface area contributed by atoms with Crippen molar-refractivity contribution in [3.8, 4) is 0 Å². The van der Waals surface area contributed by atoms with Gasteiger partial charge in [0.1, 0.15) is 0 Å². The van der Waals surface area contributed by atoms with E-state index in [1.807, 2.05) is 30.3 Å². The Bertz CT molecular complexity index is 681. The highest BCUT2D eigenvalue weighted by Gasteiger charge is 2.26. The molecule has 0 aliphatic carbocycles. The molecule has 20 heavy (non-hydrogen) atoms. The Morgan fingerprint density at radius 1 is 0.800 bits per heavy atom. The lowest BCUT2D eigenvalue weighted by atomic mass is 10.1. The number of nitrogens with zero attached hydrogens (tertiary/aromatic N) is 2. The minimum Gasteiger partial charge on any atom is -0.258 e. The average molecular weight is 270 g/mol. The number of hydrogen-bond acceptors (Lipinski definition) is 4. The molecule has 0 aromatic heterocycles. The molecule has 0 aliphatic heterocycles. The zero-order chi connectivity index (χ0) is 14.5. The number of benzene rings is 2. The number of nitro groups is 2. The molecule has 2 rings (SSSR count). The first-order chi connectivity index (χ1) is 9.59. The van der Waals surface area contributed by atoms with Gasteiger partial charge in [0, 0.05) is 6.07 Å².